The lowest BCUT2D eigenvalue weighted by Crippen LogP contribution is -1.93. The fourth-order valence-electron chi connectivity index (χ4n) is 13.6. The molecule has 2 aromatic heterocycles. The normalized spacial score (nSPS) is 11.2. The van der Waals surface area contributed by atoms with Crippen molar-refractivity contribution in [3.05, 3.63) is 381 Å². The fourth-order valence-corrected chi connectivity index (χ4v) is 13.9. The summed E-state index contributed by atoms with van der Waals surface area (Å²) in [5.41, 5.74) is 30.6. The Morgan fingerprint density at radius 3 is 0.948 bits per heavy atom. The fraction of sp³-hybridized carbons (Fsp3) is 0. The molecule has 2 heterocycles. The van der Waals surface area contributed by atoms with Crippen molar-refractivity contribution in [3.63, 3.8) is 0 Å². The first-order chi connectivity index (χ1) is 47.9. The van der Waals surface area contributed by atoms with Crippen molar-refractivity contribution in [2.45, 2.75) is 0 Å². The Balaban J connectivity index is 0.000000126. The predicted octanol–water partition coefficient (Wildman–Crippen LogP) is 25.7. The van der Waals surface area contributed by atoms with E-state index in [0.29, 0.717) is 0 Å². The van der Waals surface area contributed by atoms with Gasteiger partial charge < -0.3 is 20.2 Å². The van der Waals surface area contributed by atoms with Gasteiger partial charge in [-0.05, 0) is 198 Å². The Kier molecular flexibility index (Phi) is 16.4. The highest BCUT2D eigenvalue weighted by Gasteiger charge is 2.16. The number of nitrogens with two attached hydrogens (primary N) is 1. The first-order valence-electron chi connectivity index (χ1n) is 32.8. The summed E-state index contributed by atoms with van der Waals surface area (Å²) in [6.45, 7) is 0. The van der Waals surface area contributed by atoms with Crippen molar-refractivity contribution in [2.75, 3.05) is 11.1 Å². The molecule has 97 heavy (non-hydrogen) atoms. The summed E-state index contributed by atoms with van der Waals surface area (Å²) in [5.74, 6) is 0. The second-order valence-electron chi connectivity index (χ2n) is 24.5. The summed E-state index contributed by atoms with van der Waals surface area (Å²) in [6.07, 6.45) is 0. The van der Waals surface area contributed by atoms with Crippen LogP contribution in [0.3, 0.4) is 0 Å². The van der Waals surface area contributed by atoms with Gasteiger partial charge in [0.05, 0.1) is 22.1 Å². The molecular weight excluding hydrogens is 1240 g/mol. The zero-order chi connectivity index (χ0) is 65.0. The standard InChI is InChI=1S/C46H32N2.C24H16BrN.C22H17N/c1-2-11-40(12-3-1)48-45-16-7-6-14-43(45)44-31-37(25-30-46(44)48)34-23-28-39(29-24-34)47-38-26-21-33(22-27-38)32-17-19-36(20-18-32)42-15-8-10-35-9-4-5-13-41(35)42;25-19-13-10-17(11-14-19)18-12-15-24-22(16-18)21-8-4-5-9-23(21)26(24)20-6-2-1-3-7-20;23-20-14-12-17(13-15-20)16-8-10-19(11-9-16)22-7-3-5-18-4-1-2-6-21(18)22/h1-31,47H;1-16H;1-15H,23H2. The molecule has 0 radical (unpaired) electrons. The molecule has 5 heteroatoms. The first-order valence-corrected chi connectivity index (χ1v) is 33.6. The maximum absolute atomic E-state index is 5.76. The second kappa shape index (κ2) is 26.6. The predicted molar refractivity (Wildman–Crippen MR) is 417 cm³/mol. The zero-order valence-electron chi connectivity index (χ0n) is 53.1. The smallest absolute Gasteiger partial charge is 0.0541 e. The van der Waals surface area contributed by atoms with Crippen LogP contribution < -0.4 is 11.1 Å². The van der Waals surface area contributed by atoms with E-state index in [0.717, 1.165) is 21.5 Å². The number of halogens is 1. The quantitative estimate of drug-likeness (QED) is 0.134. The minimum atomic E-state index is 0.793. The molecule has 0 saturated heterocycles. The molecule has 0 aliphatic heterocycles. The van der Waals surface area contributed by atoms with Crippen molar-refractivity contribution in [1.82, 2.24) is 9.13 Å². The SMILES string of the molecule is Brc1ccc(-c2ccc3c(c2)c2ccccc2n3-c2ccccc2)cc1.Nc1ccc(-c2ccc(-c3cccc4ccccc34)cc2)cc1.c1ccc(-n2c3ccccc3c3cc(-c4ccc(Nc5ccc(-c6ccc(-c7cccc8ccccc78)cc6)cc5)cc4)ccc32)cc1. The molecule has 0 unspecified atom stereocenters. The van der Waals surface area contributed by atoms with E-state index in [4.69, 9.17) is 5.73 Å². The van der Waals surface area contributed by atoms with Crippen LogP contribution in [0.5, 0.6) is 0 Å². The maximum Gasteiger partial charge on any atom is 0.0541 e. The van der Waals surface area contributed by atoms with Crippen LogP contribution in [0.1, 0.15) is 0 Å². The van der Waals surface area contributed by atoms with E-state index in [2.05, 4.69) is 394 Å². The van der Waals surface area contributed by atoms with E-state index >= 15 is 0 Å². The Morgan fingerprint density at radius 2 is 0.526 bits per heavy atom. The van der Waals surface area contributed by atoms with Crippen molar-refractivity contribution in [3.8, 4) is 78.1 Å². The first kappa shape index (κ1) is 59.7. The molecule has 0 bridgehead atoms. The molecule has 3 N–H and O–H groups in total. The highest BCUT2D eigenvalue weighted by atomic mass is 79.9. The molecule has 0 aliphatic carbocycles. The van der Waals surface area contributed by atoms with Crippen molar-refractivity contribution >= 4 is 98.1 Å². The van der Waals surface area contributed by atoms with Gasteiger partial charge in [-0.2, -0.15) is 0 Å². The van der Waals surface area contributed by atoms with E-state index in [-0.39, 0.29) is 0 Å². The number of rotatable bonds is 10. The van der Waals surface area contributed by atoms with Crippen LogP contribution in [0.25, 0.3) is 143 Å². The molecule has 0 fully saturated rings. The summed E-state index contributed by atoms with van der Waals surface area (Å²) < 4.78 is 5.80. The molecular formula is C92H65BrN4. The number of aromatic nitrogens is 2. The molecule has 4 nitrogen and oxygen atoms in total. The zero-order valence-corrected chi connectivity index (χ0v) is 54.7. The van der Waals surface area contributed by atoms with Gasteiger partial charge in [-0.3, -0.25) is 0 Å². The number of nitrogen functional groups attached to an aromatic ring is 1. The Labute approximate surface area is 573 Å². The minimum absolute atomic E-state index is 0.793. The highest BCUT2D eigenvalue weighted by molar-refractivity contribution is 9.10. The average molecular weight is 1310 g/mol. The molecule has 0 atom stereocenters. The van der Waals surface area contributed by atoms with Gasteiger partial charge >= 0.3 is 0 Å². The number of fused-ring (bicyclic) bond motifs is 8. The van der Waals surface area contributed by atoms with Crippen LogP contribution in [0, 0.1) is 0 Å². The van der Waals surface area contributed by atoms with Crippen LogP contribution in [0.2, 0.25) is 0 Å². The molecule has 18 rings (SSSR count). The topological polar surface area (TPSA) is 47.9 Å². The van der Waals surface area contributed by atoms with Gasteiger partial charge in [0.25, 0.3) is 0 Å². The minimum Gasteiger partial charge on any atom is -0.399 e. The number of hydrogen-bond acceptors (Lipinski definition) is 2. The van der Waals surface area contributed by atoms with Gasteiger partial charge in [0, 0.05) is 54.5 Å². The Bertz CT molecular complexity index is 5790. The van der Waals surface area contributed by atoms with Crippen LogP contribution in [0.4, 0.5) is 17.1 Å². The van der Waals surface area contributed by atoms with E-state index < -0.39 is 0 Å². The second-order valence-corrected chi connectivity index (χ2v) is 25.4. The molecule has 16 aromatic carbocycles. The molecule has 460 valence electrons. The molecule has 0 aliphatic rings. The highest BCUT2D eigenvalue weighted by Crippen LogP contribution is 2.39. The monoisotopic (exact) mass is 1300 g/mol. The van der Waals surface area contributed by atoms with Crippen LogP contribution >= 0.6 is 15.9 Å². The number of para-hydroxylation sites is 4. The van der Waals surface area contributed by atoms with Gasteiger partial charge in [-0.1, -0.05) is 283 Å². The van der Waals surface area contributed by atoms with Crippen LogP contribution in [-0.4, -0.2) is 9.13 Å². The molecule has 18 aromatic rings. The number of hydrogen-bond donors (Lipinski definition) is 2. The van der Waals surface area contributed by atoms with Gasteiger partial charge in [-0.15, -0.1) is 0 Å². The van der Waals surface area contributed by atoms with Crippen molar-refractivity contribution in [2.24, 2.45) is 0 Å². The van der Waals surface area contributed by atoms with E-state index in [9.17, 15) is 0 Å². The van der Waals surface area contributed by atoms with Crippen molar-refractivity contribution < 1.29 is 0 Å². The van der Waals surface area contributed by atoms with Crippen LogP contribution in [-0.2, 0) is 0 Å². The van der Waals surface area contributed by atoms with Gasteiger partial charge in [0.15, 0.2) is 0 Å². The lowest BCUT2D eigenvalue weighted by molar-refractivity contribution is 1.18. The van der Waals surface area contributed by atoms with Crippen LogP contribution in [0.15, 0.2) is 381 Å². The third-order valence-electron chi connectivity index (χ3n) is 18.5. The number of nitrogens with one attached hydrogen (secondary N) is 1. The van der Waals surface area contributed by atoms with E-state index in [1.54, 1.807) is 0 Å². The summed E-state index contributed by atoms with van der Waals surface area (Å²) in [4.78, 5) is 0. The van der Waals surface area contributed by atoms with Gasteiger partial charge in [0.1, 0.15) is 0 Å². The largest absolute Gasteiger partial charge is 0.399 e. The summed E-state index contributed by atoms with van der Waals surface area (Å²) in [6, 6.07) is 134. The third-order valence-corrected chi connectivity index (χ3v) is 19.0. The van der Waals surface area contributed by atoms with E-state index in [1.807, 2.05) is 12.1 Å². The summed E-state index contributed by atoms with van der Waals surface area (Å²) >= 11 is 3.52. The van der Waals surface area contributed by atoms with Crippen molar-refractivity contribution in [1.29, 1.82) is 0 Å². The number of nitrogens with zero attached hydrogens (tertiary/aromatic N) is 2. The Morgan fingerprint density at radius 1 is 0.227 bits per heavy atom. The maximum atomic E-state index is 5.76. The van der Waals surface area contributed by atoms with E-state index in [1.165, 1.54) is 143 Å². The number of anilines is 3. The van der Waals surface area contributed by atoms with Gasteiger partial charge in [-0.25, -0.2) is 0 Å². The molecule has 0 saturated carbocycles. The lowest BCUT2D eigenvalue weighted by atomic mass is 9.96. The summed E-state index contributed by atoms with van der Waals surface area (Å²) in [5, 5.41) is 13.8. The average Bonchev–Trinajstić information content (AvgIpc) is 1.60. The van der Waals surface area contributed by atoms with Gasteiger partial charge in [0.2, 0.25) is 0 Å². The third kappa shape index (κ3) is 12.2. The molecule has 0 spiro atoms. The lowest BCUT2D eigenvalue weighted by Gasteiger charge is -2.11. The Hall–Kier alpha value is -12.3. The number of benzene rings is 16. The summed E-state index contributed by atoms with van der Waals surface area (Å²) in [7, 11) is 0. The molecule has 0 amide bonds.